The molecule has 2 aromatic rings. The van der Waals surface area contributed by atoms with E-state index in [1.54, 1.807) is 6.92 Å². The number of carbonyl (C=O) groups is 4. The minimum absolute atomic E-state index is 0.106. The summed E-state index contributed by atoms with van der Waals surface area (Å²) in [6.07, 6.45) is -2.04. The van der Waals surface area contributed by atoms with E-state index in [9.17, 15) is 54.7 Å². The Hall–Kier alpha value is -5.27. The maximum atomic E-state index is 13.8. The Morgan fingerprint density at radius 3 is 1.98 bits per heavy atom. The van der Waals surface area contributed by atoms with Crippen LogP contribution in [0.3, 0.4) is 0 Å². The zero-order valence-electron chi connectivity index (χ0n) is 29.3. The van der Waals surface area contributed by atoms with Crippen molar-refractivity contribution in [3.8, 4) is 0 Å². The highest BCUT2D eigenvalue weighted by atomic mass is 32.2. The van der Waals surface area contributed by atoms with Gasteiger partial charge in [-0.2, -0.15) is 0 Å². The molecule has 288 valence electrons. The lowest BCUT2D eigenvalue weighted by molar-refractivity contribution is -0.385. The number of likely N-dealkylation sites (tertiary alicyclic amines) is 2. The van der Waals surface area contributed by atoms with Crippen molar-refractivity contribution in [1.82, 2.24) is 14.7 Å². The van der Waals surface area contributed by atoms with Gasteiger partial charge in [0.2, 0.25) is 5.91 Å². The number of aliphatic hydroxyl groups is 2. The lowest BCUT2D eigenvalue weighted by Crippen LogP contribution is -2.63. The van der Waals surface area contributed by atoms with E-state index in [0.29, 0.717) is 22.5 Å². The number of hydrogen-bond acceptors (Lipinski definition) is 13. The normalized spacial score (nSPS) is 26.7. The van der Waals surface area contributed by atoms with Crippen LogP contribution >= 0.6 is 11.8 Å². The summed E-state index contributed by atoms with van der Waals surface area (Å²) in [5.74, 6) is -3.82. The number of aliphatic hydroxyl groups excluding tert-OH is 2. The number of carboxylic acids is 1. The Balaban J connectivity index is 1.20. The van der Waals surface area contributed by atoms with Gasteiger partial charge in [-0.25, -0.2) is 14.4 Å². The van der Waals surface area contributed by atoms with E-state index >= 15 is 0 Å². The predicted octanol–water partition coefficient (Wildman–Crippen LogP) is 3.35. The number of β-lactam (4-membered cyclic amide) rings is 1. The number of thioether (sulfide) groups is 1. The number of nitro groups is 2. The Labute approximate surface area is 312 Å². The van der Waals surface area contributed by atoms with Crippen molar-refractivity contribution in [3.05, 3.63) is 90.5 Å². The second kappa shape index (κ2) is 15.6. The van der Waals surface area contributed by atoms with Gasteiger partial charge in [-0.3, -0.25) is 25.0 Å². The molecule has 3 fully saturated rings. The van der Waals surface area contributed by atoms with Crippen molar-refractivity contribution in [1.29, 1.82) is 0 Å². The van der Waals surface area contributed by atoms with Gasteiger partial charge >= 0.3 is 18.2 Å². The minimum Gasteiger partial charge on any atom is -0.477 e. The topological polar surface area (TPSA) is 243 Å². The molecule has 4 aliphatic heterocycles. The van der Waals surface area contributed by atoms with E-state index < -0.39 is 75.8 Å². The van der Waals surface area contributed by atoms with Gasteiger partial charge in [-0.1, -0.05) is 6.92 Å². The van der Waals surface area contributed by atoms with Crippen LogP contribution in [-0.4, -0.2) is 114 Å². The first-order valence-electron chi connectivity index (χ1n) is 17.3. The molecule has 6 rings (SSSR count). The predicted molar refractivity (Wildman–Crippen MR) is 188 cm³/mol. The van der Waals surface area contributed by atoms with Gasteiger partial charge in [0.15, 0.2) is 0 Å². The maximum Gasteiger partial charge on any atom is 0.410 e. The average Bonchev–Trinajstić information content (AvgIpc) is 3.83. The van der Waals surface area contributed by atoms with Gasteiger partial charge < -0.3 is 39.5 Å². The molecule has 8 atom stereocenters. The molecule has 4 heterocycles. The molecular formula is C35H39N5O13S. The van der Waals surface area contributed by atoms with E-state index in [4.69, 9.17) is 9.47 Å². The fraction of sp³-hybridized carbons (Fsp3) is 0.486. The summed E-state index contributed by atoms with van der Waals surface area (Å²) in [5, 5.41) is 52.6. The van der Waals surface area contributed by atoms with Crippen LogP contribution in [-0.2, 0) is 32.3 Å². The number of aliphatic carboxylic acids is 1. The molecule has 3 amide bonds. The first-order chi connectivity index (χ1) is 25.7. The lowest BCUT2D eigenvalue weighted by Gasteiger charge is -2.46. The van der Waals surface area contributed by atoms with Gasteiger partial charge in [0, 0.05) is 84.5 Å². The van der Waals surface area contributed by atoms with Gasteiger partial charge in [-0.05, 0) is 48.7 Å². The van der Waals surface area contributed by atoms with Crippen molar-refractivity contribution < 1.29 is 53.8 Å². The minimum atomic E-state index is -1.28. The van der Waals surface area contributed by atoms with Crippen molar-refractivity contribution in [2.24, 2.45) is 23.7 Å². The Kier molecular flexibility index (Phi) is 11.1. The van der Waals surface area contributed by atoms with Crippen LogP contribution in [0.15, 0.2) is 59.1 Å². The number of benzene rings is 2. The molecule has 0 aliphatic carbocycles. The average molecular weight is 770 g/mol. The van der Waals surface area contributed by atoms with E-state index in [1.165, 1.54) is 81.9 Å². The standard InChI is InChI=1S/C35H39N5O13S/c1-18-29-28(19(2)42)32(43)38(29)30(33(44)45)31(18)54-25-11-27(37(13-25)35(47)53-17-21-5-9-24(10-6-21)40(50)51)26-14-36(12-22(26)15-41)34(46)52-16-20-3-7-23(8-4-20)39(48)49/h3-10,18-19,22,25-29,41-42H,11-17H2,1-2H3,(H,44,45)/t18?,19-,22?,25+,26?,27+,28?,29+/m1/s1. The molecule has 54 heavy (non-hydrogen) atoms. The monoisotopic (exact) mass is 769 g/mol. The number of nitro benzene ring substituents is 2. The van der Waals surface area contributed by atoms with Crippen LogP contribution in [0, 0.1) is 43.9 Å². The Morgan fingerprint density at radius 2 is 1.48 bits per heavy atom. The number of ether oxygens (including phenoxy) is 2. The number of non-ortho nitro benzene ring substituents is 2. The van der Waals surface area contributed by atoms with E-state index in [0.717, 1.165) is 0 Å². The molecule has 0 aromatic heterocycles. The lowest BCUT2D eigenvalue weighted by atomic mass is 9.79. The first kappa shape index (κ1) is 38.5. The molecule has 0 saturated carbocycles. The van der Waals surface area contributed by atoms with Crippen LogP contribution in [0.5, 0.6) is 0 Å². The zero-order chi connectivity index (χ0) is 39.0. The van der Waals surface area contributed by atoms with Gasteiger partial charge in [-0.15, -0.1) is 11.8 Å². The summed E-state index contributed by atoms with van der Waals surface area (Å²) in [7, 11) is 0. The molecular weight excluding hydrogens is 730 g/mol. The van der Waals surface area contributed by atoms with E-state index in [2.05, 4.69) is 0 Å². The van der Waals surface area contributed by atoms with Crippen LogP contribution in [0.4, 0.5) is 21.0 Å². The summed E-state index contributed by atoms with van der Waals surface area (Å²) >= 11 is 1.25. The third-order valence-corrected chi connectivity index (χ3v) is 12.1. The largest absolute Gasteiger partial charge is 0.477 e. The third kappa shape index (κ3) is 7.42. The van der Waals surface area contributed by atoms with Gasteiger partial charge in [0.05, 0.1) is 27.9 Å². The fourth-order valence-electron chi connectivity index (χ4n) is 7.95. The molecule has 0 bridgehead atoms. The summed E-state index contributed by atoms with van der Waals surface area (Å²) in [4.78, 5) is 78.0. The smallest absolute Gasteiger partial charge is 0.410 e. The molecule has 4 aliphatic rings. The fourth-order valence-corrected chi connectivity index (χ4v) is 9.49. The zero-order valence-corrected chi connectivity index (χ0v) is 30.1. The Bertz CT molecular complexity index is 1860. The van der Waals surface area contributed by atoms with Crippen molar-refractivity contribution in [2.45, 2.75) is 56.9 Å². The Morgan fingerprint density at radius 1 is 0.926 bits per heavy atom. The van der Waals surface area contributed by atoms with Crippen molar-refractivity contribution >= 4 is 47.2 Å². The van der Waals surface area contributed by atoms with Crippen LogP contribution in [0.25, 0.3) is 0 Å². The molecule has 4 unspecified atom stereocenters. The van der Waals surface area contributed by atoms with Gasteiger partial charge in [0.25, 0.3) is 11.4 Å². The van der Waals surface area contributed by atoms with Crippen LogP contribution in [0.1, 0.15) is 31.4 Å². The summed E-state index contributed by atoms with van der Waals surface area (Å²) in [6.45, 7) is 2.96. The van der Waals surface area contributed by atoms with Crippen LogP contribution < -0.4 is 0 Å². The molecule has 3 saturated heterocycles. The highest BCUT2D eigenvalue weighted by molar-refractivity contribution is 8.03. The molecule has 3 N–H and O–H groups in total. The molecule has 18 nitrogen and oxygen atoms in total. The first-order valence-corrected chi connectivity index (χ1v) is 18.2. The number of hydrogen-bond donors (Lipinski definition) is 3. The quantitative estimate of drug-likeness (QED) is 0.159. The third-order valence-electron chi connectivity index (χ3n) is 10.6. The molecule has 2 aromatic carbocycles. The van der Waals surface area contributed by atoms with Crippen LogP contribution in [0.2, 0.25) is 0 Å². The molecule has 19 heteroatoms. The maximum absolute atomic E-state index is 13.8. The summed E-state index contributed by atoms with van der Waals surface area (Å²) in [6, 6.07) is 9.98. The summed E-state index contributed by atoms with van der Waals surface area (Å²) < 4.78 is 11.2. The number of amides is 3. The number of rotatable bonds is 12. The van der Waals surface area contributed by atoms with Crippen molar-refractivity contribution in [2.75, 3.05) is 26.2 Å². The second-order valence-electron chi connectivity index (χ2n) is 13.9. The number of carbonyl (C=O) groups excluding carboxylic acids is 3. The van der Waals surface area contributed by atoms with E-state index in [-0.39, 0.29) is 61.8 Å². The summed E-state index contributed by atoms with van der Waals surface area (Å²) in [5.41, 5.74) is 0.653. The molecule has 0 radical (unpaired) electrons. The number of fused-ring (bicyclic) bond motifs is 1. The van der Waals surface area contributed by atoms with Gasteiger partial charge in [0.1, 0.15) is 18.9 Å². The molecule has 0 spiro atoms. The van der Waals surface area contributed by atoms with Crippen molar-refractivity contribution in [3.63, 3.8) is 0 Å². The number of nitrogens with zero attached hydrogens (tertiary/aromatic N) is 5. The second-order valence-corrected chi connectivity index (χ2v) is 15.3. The highest BCUT2D eigenvalue weighted by Gasteiger charge is 2.60. The number of carboxylic acid groups (broad SMARTS) is 1. The highest BCUT2D eigenvalue weighted by Crippen LogP contribution is 2.53. The SMILES string of the molecule is CC1C(S[C@H]2C[C@@H](C3CN(C(=O)OCc4ccc([N+](=O)[O-])cc4)CC3CO)N(C(=O)OCc3ccc([N+](=O)[O-])cc3)C2)=C(C(=O)O)N2C(=O)C([C@@H](C)O)[C@H]12. The van der Waals surface area contributed by atoms with E-state index in [1.807, 2.05) is 0 Å².